The third-order valence-electron chi connectivity index (χ3n) is 3.55. The monoisotopic (exact) mass is 285 g/mol. The summed E-state index contributed by atoms with van der Waals surface area (Å²) in [5, 5.41) is 3.53. The largest absolute Gasteiger partial charge is 0.497 e. The lowest BCUT2D eigenvalue weighted by molar-refractivity contribution is 0.404. The third-order valence-corrected chi connectivity index (χ3v) is 3.55. The highest BCUT2D eigenvalue weighted by molar-refractivity contribution is 5.44. The van der Waals surface area contributed by atoms with Crippen LogP contribution in [-0.2, 0) is 0 Å². The highest BCUT2D eigenvalue weighted by Crippen LogP contribution is 2.31. The van der Waals surface area contributed by atoms with E-state index in [0.29, 0.717) is 0 Å². The predicted octanol–water partition coefficient (Wildman–Crippen LogP) is 3.71. The maximum Gasteiger partial charge on any atom is 0.123 e. The van der Waals surface area contributed by atoms with E-state index in [0.717, 1.165) is 23.6 Å². The second-order valence-electron chi connectivity index (χ2n) is 5.01. The van der Waals surface area contributed by atoms with Gasteiger partial charge in [0.05, 0.1) is 20.3 Å². The molecule has 1 atom stereocenters. The molecule has 0 fully saturated rings. The van der Waals surface area contributed by atoms with Gasteiger partial charge in [-0.05, 0) is 37.2 Å². The number of aryl methyl sites for hydroxylation is 1. The van der Waals surface area contributed by atoms with Crippen LogP contribution in [-0.4, -0.2) is 20.8 Å². The molecule has 0 aliphatic carbocycles. The Hall–Kier alpha value is -2.00. The molecule has 2 aromatic carbocycles. The Balaban J connectivity index is 2.44. The van der Waals surface area contributed by atoms with Crippen LogP contribution >= 0.6 is 0 Å². The van der Waals surface area contributed by atoms with Crippen molar-refractivity contribution in [2.24, 2.45) is 0 Å². The first-order chi connectivity index (χ1) is 10.2. The van der Waals surface area contributed by atoms with E-state index in [9.17, 15) is 0 Å². The van der Waals surface area contributed by atoms with Crippen molar-refractivity contribution in [3.05, 3.63) is 59.2 Å². The van der Waals surface area contributed by atoms with Gasteiger partial charge < -0.3 is 14.8 Å². The first-order valence-corrected chi connectivity index (χ1v) is 7.21. The summed E-state index contributed by atoms with van der Waals surface area (Å²) in [5.41, 5.74) is 3.58. The summed E-state index contributed by atoms with van der Waals surface area (Å²) in [7, 11) is 3.39. The van der Waals surface area contributed by atoms with E-state index >= 15 is 0 Å². The molecule has 0 heterocycles. The fourth-order valence-corrected chi connectivity index (χ4v) is 2.49. The van der Waals surface area contributed by atoms with Gasteiger partial charge in [0.15, 0.2) is 0 Å². The van der Waals surface area contributed by atoms with E-state index in [1.807, 2.05) is 18.2 Å². The Bertz CT molecular complexity index is 578. The van der Waals surface area contributed by atoms with Crippen molar-refractivity contribution in [3.8, 4) is 11.5 Å². The highest BCUT2D eigenvalue weighted by atomic mass is 16.5. The van der Waals surface area contributed by atoms with Crippen molar-refractivity contribution in [2.75, 3.05) is 20.8 Å². The van der Waals surface area contributed by atoms with E-state index in [1.54, 1.807) is 14.2 Å². The maximum absolute atomic E-state index is 5.53. The van der Waals surface area contributed by atoms with Crippen molar-refractivity contribution in [3.63, 3.8) is 0 Å². The van der Waals surface area contributed by atoms with Crippen LogP contribution in [0.2, 0.25) is 0 Å². The van der Waals surface area contributed by atoms with Gasteiger partial charge in [0, 0.05) is 5.56 Å². The summed E-state index contributed by atoms with van der Waals surface area (Å²) in [6.45, 7) is 5.09. The molecule has 0 amide bonds. The molecule has 0 aliphatic heterocycles. The molecule has 1 unspecified atom stereocenters. The average molecular weight is 285 g/mol. The number of rotatable bonds is 6. The van der Waals surface area contributed by atoms with Crippen LogP contribution in [0.1, 0.15) is 29.7 Å². The predicted molar refractivity (Wildman–Crippen MR) is 86.2 cm³/mol. The molecule has 0 saturated heterocycles. The van der Waals surface area contributed by atoms with Gasteiger partial charge in [0.25, 0.3) is 0 Å². The molecule has 0 aliphatic rings. The van der Waals surface area contributed by atoms with Crippen LogP contribution in [0.4, 0.5) is 0 Å². The van der Waals surface area contributed by atoms with Crippen molar-refractivity contribution in [1.82, 2.24) is 5.32 Å². The molecule has 0 saturated carbocycles. The van der Waals surface area contributed by atoms with Gasteiger partial charge in [-0.25, -0.2) is 0 Å². The molecule has 0 radical (unpaired) electrons. The van der Waals surface area contributed by atoms with E-state index in [4.69, 9.17) is 9.47 Å². The molecule has 2 aromatic rings. The van der Waals surface area contributed by atoms with Gasteiger partial charge >= 0.3 is 0 Å². The minimum absolute atomic E-state index is 0.107. The first kappa shape index (κ1) is 15.4. The smallest absolute Gasteiger partial charge is 0.123 e. The standard InChI is InChI=1S/C18H23NO2/c1-5-19-18(14-7-9-15(20-3)10-8-14)16-12-13(2)6-11-17(16)21-4/h6-12,18-19H,5H2,1-4H3. The second-order valence-corrected chi connectivity index (χ2v) is 5.01. The molecular weight excluding hydrogens is 262 g/mol. The zero-order valence-corrected chi connectivity index (χ0v) is 13.1. The molecule has 0 aromatic heterocycles. The highest BCUT2D eigenvalue weighted by Gasteiger charge is 2.17. The van der Waals surface area contributed by atoms with Crippen molar-refractivity contribution >= 4 is 0 Å². The maximum atomic E-state index is 5.53. The number of benzene rings is 2. The molecule has 3 nitrogen and oxygen atoms in total. The summed E-state index contributed by atoms with van der Waals surface area (Å²) >= 11 is 0. The summed E-state index contributed by atoms with van der Waals surface area (Å²) < 4.78 is 10.8. The summed E-state index contributed by atoms with van der Waals surface area (Å²) in [6.07, 6.45) is 0. The van der Waals surface area contributed by atoms with Gasteiger partial charge in [-0.1, -0.05) is 36.8 Å². The SMILES string of the molecule is CCNC(c1ccc(OC)cc1)c1cc(C)ccc1OC. The number of hydrogen-bond acceptors (Lipinski definition) is 3. The molecule has 21 heavy (non-hydrogen) atoms. The van der Waals surface area contributed by atoms with Crippen LogP contribution < -0.4 is 14.8 Å². The molecule has 1 N–H and O–H groups in total. The van der Waals surface area contributed by atoms with Crippen LogP contribution in [0.3, 0.4) is 0 Å². The van der Waals surface area contributed by atoms with Crippen molar-refractivity contribution in [2.45, 2.75) is 19.9 Å². The lowest BCUT2D eigenvalue weighted by Gasteiger charge is -2.22. The molecule has 0 spiro atoms. The molecule has 2 rings (SSSR count). The van der Waals surface area contributed by atoms with E-state index < -0.39 is 0 Å². The number of methoxy groups -OCH3 is 2. The van der Waals surface area contributed by atoms with Gasteiger partial charge in [0.1, 0.15) is 11.5 Å². The van der Waals surface area contributed by atoms with E-state index in [2.05, 4.69) is 43.4 Å². The Labute approximate surface area is 126 Å². The molecule has 3 heteroatoms. The Morgan fingerprint density at radius 1 is 1.00 bits per heavy atom. The Kier molecular flexibility index (Phi) is 5.23. The van der Waals surface area contributed by atoms with Gasteiger partial charge in [0.2, 0.25) is 0 Å². The van der Waals surface area contributed by atoms with Gasteiger partial charge in [-0.2, -0.15) is 0 Å². The summed E-state index contributed by atoms with van der Waals surface area (Å²) in [4.78, 5) is 0. The fourth-order valence-electron chi connectivity index (χ4n) is 2.49. The van der Waals surface area contributed by atoms with E-state index in [1.165, 1.54) is 11.1 Å². The minimum Gasteiger partial charge on any atom is -0.497 e. The Morgan fingerprint density at radius 2 is 1.71 bits per heavy atom. The third kappa shape index (κ3) is 3.56. The van der Waals surface area contributed by atoms with Gasteiger partial charge in [-0.3, -0.25) is 0 Å². The lowest BCUT2D eigenvalue weighted by atomic mass is 9.96. The normalized spacial score (nSPS) is 12.0. The fraction of sp³-hybridized carbons (Fsp3) is 0.333. The number of ether oxygens (including phenoxy) is 2. The van der Waals surface area contributed by atoms with Crippen LogP contribution in [0, 0.1) is 6.92 Å². The Morgan fingerprint density at radius 3 is 2.29 bits per heavy atom. The lowest BCUT2D eigenvalue weighted by Crippen LogP contribution is -2.22. The topological polar surface area (TPSA) is 30.5 Å². The second kappa shape index (κ2) is 7.14. The minimum atomic E-state index is 0.107. The zero-order valence-electron chi connectivity index (χ0n) is 13.1. The number of hydrogen-bond donors (Lipinski definition) is 1. The van der Waals surface area contributed by atoms with Crippen LogP contribution in [0.25, 0.3) is 0 Å². The average Bonchev–Trinajstić information content (AvgIpc) is 2.53. The van der Waals surface area contributed by atoms with Crippen molar-refractivity contribution in [1.29, 1.82) is 0 Å². The molecule has 112 valence electrons. The van der Waals surface area contributed by atoms with E-state index in [-0.39, 0.29) is 6.04 Å². The quantitative estimate of drug-likeness (QED) is 0.877. The van der Waals surface area contributed by atoms with Crippen molar-refractivity contribution < 1.29 is 9.47 Å². The van der Waals surface area contributed by atoms with Gasteiger partial charge in [-0.15, -0.1) is 0 Å². The number of nitrogens with one attached hydrogen (secondary N) is 1. The van der Waals surface area contributed by atoms with Crippen LogP contribution in [0.15, 0.2) is 42.5 Å². The zero-order chi connectivity index (χ0) is 15.2. The molecule has 0 bridgehead atoms. The summed E-state index contributed by atoms with van der Waals surface area (Å²) in [5.74, 6) is 1.77. The van der Waals surface area contributed by atoms with Crippen LogP contribution in [0.5, 0.6) is 11.5 Å². The molecular formula is C18H23NO2. The summed E-state index contributed by atoms with van der Waals surface area (Å²) in [6, 6.07) is 14.5. The first-order valence-electron chi connectivity index (χ1n) is 7.21.